The second-order valence-corrected chi connectivity index (χ2v) is 9.44. The number of methoxy groups -OCH3 is 1. The lowest BCUT2D eigenvalue weighted by atomic mass is 10.3. The van der Waals surface area contributed by atoms with E-state index in [1.807, 2.05) is 0 Å². The molecular weight excluding hydrogens is 420 g/mol. The Morgan fingerprint density at radius 3 is 2.82 bits per heavy atom. The fourth-order valence-electron chi connectivity index (χ4n) is 2.20. The number of aromatic nitrogens is 2. The van der Waals surface area contributed by atoms with E-state index in [4.69, 9.17) is 10.5 Å². The molecule has 3 rings (SSSR count). The minimum absolute atomic E-state index is 0.0354. The summed E-state index contributed by atoms with van der Waals surface area (Å²) >= 11 is 2.14. The van der Waals surface area contributed by atoms with Crippen LogP contribution < -0.4 is 15.8 Å². The Hall–Kier alpha value is -2.63. The number of ether oxygens (including phenoxy) is 1. The van der Waals surface area contributed by atoms with Crippen LogP contribution in [0, 0.1) is 0 Å². The molecule has 3 aromatic rings. The molecule has 2 aromatic heterocycles. The molecule has 0 bridgehead atoms. The molecule has 0 aliphatic rings. The summed E-state index contributed by atoms with van der Waals surface area (Å²) in [4.78, 5) is 20.0. The van der Waals surface area contributed by atoms with Gasteiger partial charge < -0.3 is 15.8 Å². The maximum Gasteiger partial charge on any atom is 0.234 e. The molecule has 0 radical (unpaired) electrons. The molecular formula is C17H16N4O4S3. The normalized spacial score (nSPS) is 11.2. The highest BCUT2D eigenvalue weighted by atomic mass is 32.2. The zero-order valence-corrected chi connectivity index (χ0v) is 17.1. The second-order valence-electron chi connectivity index (χ2n) is 5.41. The number of nitrogens with zero attached hydrogens (tertiary/aromatic N) is 2. The molecule has 0 saturated heterocycles. The monoisotopic (exact) mass is 436 g/mol. The van der Waals surface area contributed by atoms with Gasteiger partial charge in [0, 0.05) is 11.8 Å². The largest absolute Gasteiger partial charge is 0.497 e. The standard InChI is InChI=1S/C17H16N4O4S3/c1-25-12-5-2-4-11(8-12)20-14(22)10-27-17-19-9-13(16(18)21-17)28(23,24)15-6-3-7-26-15/h2-9H,10H2,1H3,(H,20,22)(H2,18,19,21). The molecule has 0 fully saturated rings. The number of benzene rings is 1. The van der Waals surface area contributed by atoms with Crippen molar-refractivity contribution in [2.24, 2.45) is 0 Å². The lowest BCUT2D eigenvalue weighted by molar-refractivity contribution is -0.113. The number of sulfone groups is 1. The van der Waals surface area contributed by atoms with E-state index in [0.717, 1.165) is 23.1 Å². The van der Waals surface area contributed by atoms with E-state index in [-0.39, 0.29) is 31.7 Å². The van der Waals surface area contributed by atoms with Crippen molar-refractivity contribution < 1.29 is 17.9 Å². The molecule has 11 heteroatoms. The maximum atomic E-state index is 12.5. The molecule has 2 heterocycles. The van der Waals surface area contributed by atoms with Crippen LogP contribution in [-0.4, -0.2) is 37.2 Å². The van der Waals surface area contributed by atoms with Crippen molar-refractivity contribution >= 4 is 50.3 Å². The Labute approximate surface area is 170 Å². The first kappa shape index (κ1) is 20.1. The summed E-state index contributed by atoms with van der Waals surface area (Å²) in [7, 11) is -2.21. The summed E-state index contributed by atoms with van der Waals surface area (Å²) in [5, 5.41) is 4.61. The van der Waals surface area contributed by atoms with Gasteiger partial charge in [-0.3, -0.25) is 4.79 Å². The SMILES string of the molecule is COc1cccc(NC(=O)CSc2ncc(S(=O)(=O)c3cccs3)c(N)n2)c1. The van der Waals surface area contributed by atoms with Crippen molar-refractivity contribution in [3.63, 3.8) is 0 Å². The van der Waals surface area contributed by atoms with E-state index in [0.29, 0.717) is 11.4 Å². The van der Waals surface area contributed by atoms with Crippen LogP contribution >= 0.6 is 23.1 Å². The number of nitrogens with one attached hydrogen (secondary N) is 1. The Balaban J connectivity index is 1.65. The number of nitrogen functional groups attached to an aromatic ring is 1. The number of carbonyl (C=O) groups is 1. The third-order valence-corrected chi connectivity index (χ3v) is 7.53. The van der Waals surface area contributed by atoms with Crippen molar-refractivity contribution in [1.29, 1.82) is 0 Å². The summed E-state index contributed by atoms with van der Waals surface area (Å²) in [6, 6.07) is 10.1. The highest BCUT2D eigenvalue weighted by Gasteiger charge is 2.23. The highest BCUT2D eigenvalue weighted by Crippen LogP contribution is 2.28. The van der Waals surface area contributed by atoms with E-state index in [9.17, 15) is 13.2 Å². The van der Waals surface area contributed by atoms with Crippen molar-refractivity contribution in [1.82, 2.24) is 9.97 Å². The van der Waals surface area contributed by atoms with E-state index in [1.54, 1.807) is 42.8 Å². The van der Waals surface area contributed by atoms with Crippen molar-refractivity contribution in [3.8, 4) is 5.75 Å². The first-order valence-corrected chi connectivity index (χ1v) is 11.2. The Bertz CT molecular complexity index is 1090. The van der Waals surface area contributed by atoms with Crippen LogP contribution in [0.4, 0.5) is 11.5 Å². The van der Waals surface area contributed by atoms with E-state index in [1.165, 1.54) is 12.3 Å². The lowest BCUT2D eigenvalue weighted by Gasteiger charge is -2.08. The first-order chi connectivity index (χ1) is 13.4. The summed E-state index contributed by atoms with van der Waals surface area (Å²) in [6.45, 7) is 0. The van der Waals surface area contributed by atoms with Gasteiger partial charge in [-0.05, 0) is 23.6 Å². The van der Waals surface area contributed by atoms with Gasteiger partial charge in [0.1, 0.15) is 20.7 Å². The molecule has 28 heavy (non-hydrogen) atoms. The maximum absolute atomic E-state index is 12.5. The van der Waals surface area contributed by atoms with Crippen molar-refractivity contribution in [3.05, 3.63) is 48.0 Å². The van der Waals surface area contributed by atoms with Crippen LogP contribution in [0.25, 0.3) is 0 Å². The van der Waals surface area contributed by atoms with E-state index >= 15 is 0 Å². The quantitative estimate of drug-likeness (QED) is 0.428. The van der Waals surface area contributed by atoms with Gasteiger partial charge in [-0.15, -0.1) is 11.3 Å². The zero-order chi connectivity index (χ0) is 20.1. The topological polar surface area (TPSA) is 124 Å². The molecule has 1 amide bonds. The summed E-state index contributed by atoms with van der Waals surface area (Å²) in [5.41, 5.74) is 6.42. The molecule has 8 nitrogen and oxygen atoms in total. The van der Waals surface area contributed by atoms with Gasteiger partial charge in [0.05, 0.1) is 19.1 Å². The summed E-state index contributed by atoms with van der Waals surface area (Å²) in [6.07, 6.45) is 1.17. The zero-order valence-electron chi connectivity index (χ0n) is 14.7. The number of amides is 1. The van der Waals surface area contributed by atoms with Crippen LogP contribution in [0.2, 0.25) is 0 Å². The number of thioether (sulfide) groups is 1. The van der Waals surface area contributed by atoms with E-state index in [2.05, 4.69) is 15.3 Å². The number of hydrogen-bond acceptors (Lipinski definition) is 9. The van der Waals surface area contributed by atoms with Gasteiger partial charge in [-0.25, -0.2) is 18.4 Å². The number of carbonyl (C=O) groups excluding carboxylic acids is 1. The number of hydrogen-bond donors (Lipinski definition) is 2. The average molecular weight is 437 g/mol. The predicted octanol–water partition coefficient (Wildman–Crippen LogP) is 2.69. The summed E-state index contributed by atoms with van der Waals surface area (Å²) in [5.74, 6) is 0.243. The number of rotatable bonds is 7. The van der Waals surface area contributed by atoms with Crippen LogP contribution in [0.3, 0.4) is 0 Å². The molecule has 0 aliphatic carbocycles. The van der Waals surface area contributed by atoms with Crippen LogP contribution in [0.1, 0.15) is 0 Å². The number of anilines is 2. The molecule has 1 aromatic carbocycles. The molecule has 0 atom stereocenters. The van der Waals surface area contributed by atoms with Gasteiger partial charge in [0.15, 0.2) is 5.16 Å². The second kappa shape index (κ2) is 8.59. The molecule has 3 N–H and O–H groups in total. The third kappa shape index (κ3) is 4.61. The number of thiophene rings is 1. The minimum atomic E-state index is -3.75. The van der Waals surface area contributed by atoms with Crippen molar-refractivity contribution in [2.75, 3.05) is 23.9 Å². The Kier molecular flexibility index (Phi) is 6.17. The first-order valence-electron chi connectivity index (χ1n) is 7.88. The van der Waals surface area contributed by atoms with Gasteiger partial charge in [-0.2, -0.15) is 0 Å². The van der Waals surface area contributed by atoms with Crippen molar-refractivity contribution in [2.45, 2.75) is 14.3 Å². The minimum Gasteiger partial charge on any atom is -0.497 e. The van der Waals surface area contributed by atoms with Gasteiger partial charge in [0.2, 0.25) is 15.7 Å². The van der Waals surface area contributed by atoms with E-state index < -0.39 is 9.84 Å². The third-order valence-electron chi connectivity index (χ3n) is 3.50. The Morgan fingerprint density at radius 2 is 2.14 bits per heavy atom. The molecule has 146 valence electrons. The lowest BCUT2D eigenvalue weighted by Crippen LogP contribution is -2.14. The fraction of sp³-hybridized carbons (Fsp3) is 0.118. The predicted molar refractivity (Wildman–Crippen MR) is 109 cm³/mol. The number of nitrogens with two attached hydrogens (primary N) is 1. The van der Waals surface area contributed by atoms with Crippen LogP contribution in [-0.2, 0) is 14.6 Å². The van der Waals surface area contributed by atoms with Crippen LogP contribution in [0.15, 0.2) is 62.2 Å². The molecule has 0 spiro atoms. The smallest absolute Gasteiger partial charge is 0.234 e. The van der Waals surface area contributed by atoms with Gasteiger partial charge in [0.25, 0.3) is 0 Å². The Morgan fingerprint density at radius 1 is 1.32 bits per heavy atom. The van der Waals surface area contributed by atoms with Gasteiger partial charge >= 0.3 is 0 Å². The van der Waals surface area contributed by atoms with Crippen LogP contribution in [0.5, 0.6) is 5.75 Å². The summed E-state index contributed by atoms with van der Waals surface area (Å²) < 4.78 is 30.3. The average Bonchev–Trinajstić information content (AvgIpc) is 3.22. The van der Waals surface area contributed by atoms with Gasteiger partial charge in [-0.1, -0.05) is 23.9 Å². The molecule has 0 saturated carbocycles. The molecule has 0 unspecified atom stereocenters. The fourth-order valence-corrected chi connectivity index (χ4v) is 5.20. The highest BCUT2D eigenvalue weighted by molar-refractivity contribution is 7.99. The molecule has 0 aliphatic heterocycles.